The van der Waals surface area contributed by atoms with Crippen LogP contribution in [0, 0.1) is 0 Å². The molecule has 0 spiro atoms. The van der Waals surface area contributed by atoms with Gasteiger partial charge in [-0.2, -0.15) is 0 Å². The topological polar surface area (TPSA) is 88.3 Å². The highest BCUT2D eigenvalue weighted by atomic mass is 16.2. The van der Waals surface area contributed by atoms with Gasteiger partial charge < -0.3 is 16.0 Å². The van der Waals surface area contributed by atoms with E-state index in [1.165, 1.54) is 17.2 Å². The number of pyridine rings is 1. The van der Waals surface area contributed by atoms with Gasteiger partial charge in [0.1, 0.15) is 5.69 Å². The van der Waals surface area contributed by atoms with Crippen molar-refractivity contribution in [3.63, 3.8) is 0 Å². The molecule has 0 atom stereocenters. The molecule has 0 aliphatic carbocycles. The molecule has 1 aromatic heterocycles. The number of anilines is 1. The van der Waals surface area contributed by atoms with E-state index >= 15 is 0 Å². The Bertz CT molecular complexity index is 463. The van der Waals surface area contributed by atoms with Gasteiger partial charge in [0.25, 0.3) is 5.91 Å². The summed E-state index contributed by atoms with van der Waals surface area (Å²) in [6.45, 7) is 5.64. The average Bonchev–Trinajstić information content (AvgIpc) is 2.26. The highest BCUT2D eigenvalue weighted by molar-refractivity contribution is 5.94. The van der Waals surface area contributed by atoms with E-state index in [4.69, 9.17) is 5.73 Å². The lowest BCUT2D eigenvalue weighted by Crippen LogP contribution is -2.46. The molecule has 6 heteroatoms. The summed E-state index contributed by atoms with van der Waals surface area (Å²) < 4.78 is 0. The summed E-state index contributed by atoms with van der Waals surface area (Å²) in [5, 5.41) is 2.79. The molecule has 19 heavy (non-hydrogen) atoms. The van der Waals surface area contributed by atoms with Crippen molar-refractivity contribution in [1.29, 1.82) is 0 Å². The number of amides is 2. The number of nitrogens with zero attached hydrogens (tertiary/aromatic N) is 2. The number of nitrogens with two attached hydrogens (primary N) is 1. The Balaban J connectivity index is 2.63. The van der Waals surface area contributed by atoms with Crippen molar-refractivity contribution in [2.24, 2.45) is 0 Å². The van der Waals surface area contributed by atoms with Crippen LogP contribution in [0.15, 0.2) is 18.3 Å². The van der Waals surface area contributed by atoms with Crippen molar-refractivity contribution < 1.29 is 9.59 Å². The zero-order valence-corrected chi connectivity index (χ0v) is 11.7. The number of aromatic nitrogens is 1. The maximum Gasteiger partial charge on any atom is 0.272 e. The molecule has 0 unspecified atom stereocenters. The van der Waals surface area contributed by atoms with E-state index in [1.54, 1.807) is 13.1 Å². The van der Waals surface area contributed by atoms with E-state index in [2.05, 4.69) is 10.3 Å². The first kappa shape index (κ1) is 14.9. The predicted molar refractivity (Wildman–Crippen MR) is 73.5 cm³/mol. The Labute approximate surface area is 113 Å². The van der Waals surface area contributed by atoms with Crippen molar-refractivity contribution in [2.45, 2.75) is 26.3 Å². The van der Waals surface area contributed by atoms with Gasteiger partial charge in [-0.3, -0.25) is 9.59 Å². The molecule has 0 aliphatic heterocycles. The van der Waals surface area contributed by atoms with Gasteiger partial charge in [0.15, 0.2) is 0 Å². The van der Waals surface area contributed by atoms with Crippen LogP contribution in [0.5, 0.6) is 0 Å². The fourth-order valence-corrected chi connectivity index (χ4v) is 1.47. The second kappa shape index (κ2) is 5.69. The molecular weight excluding hydrogens is 244 g/mol. The molecule has 1 aromatic rings. The summed E-state index contributed by atoms with van der Waals surface area (Å²) in [7, 11) is 1.56. The van der Waals surface area contributed by atoms with Gasteiger partial charge in [-0.25, -0.2) is 4.98 Å². The molecule has 0 saturated carbocycles. The van der Waals surface area contributed by atoms with Crippen LogP contribution in [0.2, 0.25) is 0 Å². The Morgan fingerprint density at radius 3 is 2.47 bits per heavy atom. The third kappa shape index (κ3) is 4.95. The van der Waals surface area contributed by atoms with Gasteiger partial charge >= 0.3 is 0 Å². The molecule has 104 valence electrons. The smallest absolute Gasteiger partial charge is 0.272 e. The Morgan fingerprint density at radius 2 is 2.00 bits per heavy atom. The molecule has 0 aromatic carbocycles. The predicted octanol–water partition coefficient (Wildman–Crippen LogP) is 0.650. The number of nitrogen functional groups attached to an aromatic ring is 1. The van der Waals surface area contributed by atoms with E-state index in [0.717, 1.165) is 0 Å². The van der Waals surface area contributed by atoms with Crippen LogP contribution in [0.25, 0.3) is 0 Å². The van der Waals surface area contributed by atoms with Gasteiger partial charge in [0.05, 0.1) is 18.4 Å². The van der Waals surface area contributed by atoms with Crippen molar-refractivity contribution >= 4 is 17.5 Å². The van der Waals surface area contributed by atoms with Gasteiger partial charge in [0, 0.05) is 12.6 Å². The summed E-state index contributed by atoms with van der Waals surface area (Å²) in [4.78, 5) is 29.0. The molecule has 6 nitrogen and oxygen atoms in total. The number of hydrogen-bond donors (Lipinski definition) is 2. The number of carbonyl (C=O) groups excluding carboxylic acids is 2. The molecule has 0 saturated heterocycles. The van der Waals surface area contributed by atoms with Crippen LogP contribution in [-0.4, -0.2) is 40.8 Å². The van der Waals surface area contributed by atoms with Gasteiger partial charge in [-0.1, -0.05) is 0 Å². The van der Waals surface area contributed by atoms with E-state index in [-0.39, 0.29) is 29.6 Å². The van der Waals surface area contributed by atoms with Crippen molar-refractivity contribution in [2.75, 3.05) is 19.3 Å². The SMILES string of the molecule is CN(CC(=O)NC(C)(C)C)C(=O)c1ccc(N)cn1. The van der Waals surface area contributed by atoms with Crippen LogP contribution in [0.4, 0.5) is 5.69 Å². The lowest BCUT2D eigenvalue weighted by Gasteiger charge is -2.23. The lowest BCUT2D eigenvalue weighted by molar-refractivity contribution is -0.122. The number of likely N-dealkylation sites (N-methyl/N-ethyl adjacent to an activating group) is 1. The summed E-state index contributed by atoms with van der Waals surface area (Å²) >= 11 is 0. The summed E-state index contributed by atoms with van der Waals surface area (Å²) in [6, 6.07) is 3.14. The Kier molecular flexibility index (Phi) is 4.47. The fraction of sp³-hybridized carbons (Fsp3) is 0.462. The minimum Gasteiger partial charge on any atom is -0.397 e. The molecule has 0 aliphatic rings. The number of carbonyl (C=O) groups is 2. The first-order valence-corrected chi connectivity index (χ1v) is 5.97. The van der Waals surface area contributed by atoms with E-state index in [1.807, 2.05) is 20.8 Å². The summed E-state index contributed by atoms with van der Waals surface area (Å²) in [6.07, 6.45) is 1.41. The van der Waals surface area contributed by atoms with Crippen LogP contribution in [0.1, 0.15) is 31.3 Å². The Morgan fingerprint density at radius 1 is 1.37 bits per heavy atom. The zero-order chi connectivity index (χ0) is 14.6. The Hall–Kier alpha value is -2.11. The van der Waals surface area contributed by atoms with Crippen molar-refractivity contribution in [3.05, 3.63) is 24.0 Å². The second-order valence-corrected chi connectivity index (χ2v) is 5.44. The van der Waals surface area contributed by atoms with Gasteiger partial charge in [-0.05, 0) is 32.9 Å². The molecule has 3 N–H and O–H groups in total. The van der Waals surface area contributed by atoms with Crippen LogP contribution < -0.4 is 11.1 Å². The molecule has 0 radical (unpaired) electrons. The lowest BCUT2D eigenvalue weighted by atomic mass is 10.1. The first-order valence-electron chi connectivity index (χ1n) is 5.97. The third-order valence-electron chi connectivity index (χ3n) is 2.25. The monoisotopic (exact) mass is 264 g/mol. The number of rotatable bonds is 3. The molecule has 0 fully saturated rings. The third-order valence-corrected chi connectivity index (χ3v) is 2.25. The quantitative estimate of drug-likeness (QED) is 0.839. The second-order valence-electron chi connectivity index (χ2n) is 5.44. The van der Waals surface area contributed by atoms with Crippen molar-refractivity contribution in [1.82, 2.24) is 15.2 Å². The van der Waals surface area contributed by atoms with Gasteiger partial charge in [-0.15, -0.1) is 0 Å². The van der Waals surface area contributed by atoms with Crippen LogP contribution in [-0.2, 0) is 4.79 Å². The van der Waals surface area contributed by atoms with Crippen LogP contribution >= 0.6 is 0 Å². The fourth-order valence-electron chi connectivity index (χ4n) is 1.47. The minimum atomic E-state index is -0.319. The number of hydrogen-bond acceptors (Lipinski definition) is 4. The zero-order valence-electron chi connectivity index (χ0n) is 11.7. The molecule has 2 amide bonds. The maximum atomic E-state index is 12.0. The number of nitrogens with one attached hydrogen (secondary N) is 1. The van der Waals surface area contributed by atoms with Crippen LogP contribution in [0.3, 0.4) is 0 Å². The molecule has 1 rings (SSSR count). The minimum absolute atomic E-state index is 0.0117. The van der Waals surface area contributed by atoms with E-state index in [0.29, 0.717) is 5.69 Å². The average molecular weight is 264 g/mol. The van der Waals surface area contributed by atoms with Crippen molar-refractivity contribution in [3.8, 4) is 0 Å². The maximum absolute atomic E-state index is 12.0. The van der Waals surface area contributed by atoms with E-state index < -0.39 is 0 Å². The summed E-state index contributed by atoms with van der Waals surface area (Å²) in [5.41, 5.74) is 5.94. The standard InChI is InChI=1S/C13H20N4O2/c1-13(2,3)16-11(18)8-17(4)12(19)10-6-5-9(14)7-15-10/h5-7H,8,14H2,1-4H3,(H,16,18). The highest BCUT2D eigenvalue weighted by Crippen LogP contribution is 2.04. The largest absolute Gasteiger partial charge is 0.397 e. The normalized spacial score (nSPS) is 10.9. The van der Waals surface area contributed by atoms with Gasteiger partial charge in [0.2, 0.25) is 5.91 Å². The molecule has 0 bridgehead atoms. The molecular formula is C13H20N4O2. The first-order chi connectivity index (χ1) is 8.69. The van der Waals surface area contributed by atoms with E-state index in [9.17, 15) is 9.59 Å². The highest BCUT2D eigenvalue weighted by Gasteiger charge is 2.19. The molecule has 1 heterocycles. The summed E-state index contributed by atoms with van der Waals surface area (Å²) in [5.74, 6) is -0.525.